The van der Waals surface area contributed by atoms with Gasteiger partial charge in [-0.2, -0.15) is 9.50 Å². The lowest BCUT2D eigenvalue weighted by atomic mass is 10.1. The fourth-order valence-electron chi connectivity index (χ4n) is 3.97. The highest BCUT2D eigenvalue weighted by molar-refractivity contribution is 7.98. The summed E-state index contributed by atoms with van der Waals surface area (Å²) in [5, 5.41) is 4.96. The molecule has 1 saturated heterocycles. The van der Waals surface area contributed by atoms with Crippen LogP contribution in [0.15, 0.2) is 35.5 Å². The highest BCUT2D eigenvalue weighted by Crippen LogP contribution is 2.23. The van der Waals surface area contributed by atoms with Gasteiger partial charge in [0, 0.05) is 18.3 Å². The maximum absolute atomic E-state index is 12.9. The largest absolute Gasteiger partial charge is 0.475 e. The number of ether oxygens (including phenoxy) is 2. The van der Waals surface area contributed by atoms with E-state index in [1.54, 1.807) is 35.2 Å². The normalized spacial score (nSPS) is 18.0. The van der Waals surface area contributed by atoms with E-state index in [1.807, 2.05) is 13.2 Å². The zero-order valence-electron chi connectivity index (χ0n) is 18.6. The predicted octanol–water partition coefficient (Wildman–Crippen LogP) is 1.06. The molecule has 1 atom stereocenters. The fraction of sp³-hybridized carbons (Fsp3) is 0.364. The molecule has 2 aliphatic rings. The van der Waals surface area contributed by atoms with Crippen LogP contribution in [0.2, 0.25) is 0 Å². The van der Waals surface area contributed by atoms with Crippen molar-refractivity contribution in [1.82, 2.24) is 29.4 Å². The number of amides is 3. The summed E-state index contributed by atoms with van der Waals surface area (Å²) in [5.74, 6) is -0.283. The van der Waals surface area contributed by atoms with Crippen LogP contribution < -0.4 is 4.74 Å². The summed E-state index contributed by atoms with van der Waals surface area (Å²) < 4.78 is 13.3. The van der Waals surface area contributed by atoms with Crippen molar-refractivity contribution < 1.29 is 23.9 Å². The van der Waals surface area contributed by atoms with E-state index >= 15 is 0 Å². The second-order valence-electron chi connectivity index (χ2n) is 7.93. The van der Waals surface area contributed by atoms with Crippen LogP contribution in [0.5, 0.6) is 5.88 Å². The van der Waals surface area contributed by atoms with Crippen molar-refractivity contribution >= 4 is 35.3 Å². The maximum atomic E-state index is 12.9. The first-order valence-electron chi connectivity index (χ1n) is 10.7. The SMILES string of the molecule is CSc1nc2nc(C)cc(OCC3CN(C(=O)CN4C(=O)c5ccccc5C4=O)CCO3)n2n1. The first-order valence-corrected chi connectivity index (χ1v) is 11.9. The fourth-order valence-corrected chi connectivity index (χ4v) is 4.30. The molecule has 0 bridgehead atoms. The third-order valence-corrected chi connectivity index (χ3v) is 6.19. The van der Waals surface area contributed by atoms with Crippen LogP contribution in [0.25, 0.3) is 5.78 Å². The van der Waals surface area contributed by atoms with Gasteiger partial charge in [0.1, 0.15) is 19.3 Å². The lowest BCUT2D eigenvalue weighted by molar-refractivity contribution is -0.140. The zero-order chi connectivity index (χ0) is 23.8. The van der Waals surface area contributed by atoms with Crippen molar-refractivity contribution in [3.8, 4) is 5.88 Å². The van der Waals surface area contributed by atoms with Gasteiger partial charge < -0.3 is 14.4 Å². The van der Waals surface area contributed by atoms with Crippen LogP contribution in [-0.2, 0) is 9.53 Å². The number of fused-ring (bicyclic) bond motifs is 2. The highest BCUT2D eigenvalue weighted by Gasteiger charge is 2.37. The van der Waals surface area contributed by atoms with E-state index in [1.165, 1.54) is 16.3 Å². The Morgan fingerprint density at radius 1 is 1.21 bits per heavy atom. The van der Waals surface area contributed by atoms with E-state index in [4.69, 9.17) is 9.47 Å². The van der Waals surface area contributed by atoms with Crippen LogP contribution in [0.4, 0.5) is 0 Å². The summed E-state index contributed by atoms with van der Waals surface area (Å²) in [6, 6.07) is 8.34. The van der Waals surface area contributed by atoms with Crippen LogP contribution >= 0.6 is 11.8 Å². The molecule has 34 heavy (non-hydrogen) atoms. The molecule has 176 valence electrons. The molecule has 2 aromatic heterocycles. The van der Waals surface area contributed by atoms with Gasteiger partial charge >= 0.3 is 0 Å². The summed E-state index contributed by atoms with van der Waals surface area (Å²) in [7, 11) is 0. The second-order valence-corrected chi connectivity index (χ2v) is 8.71. The Labute approximate surface area is 199 Å². The lowest BCUT2D eigenvalue weighted by Crippen LogP contribution is -2.51. The molecule has 0 aliphatic carbocycles. The van der Waals surface area contributed by atoms with Gasteiger partial charge in [-0.3, -0.25) is 19.3 Å². The molecule has 0 N–H and O–H groups in total. The standard InChI is InChI=1S/C22H22N6O5S/c1-13-9-18(28-21(23-13)24-22(25-28)34-2)33-12-14-10-26(7-8-32-14)17(29)11-27-19(30)15-5-3-4-6-16(15)20(27)31/h3-6,9,14H,7-8,10-12H2,1-2H3. The zero-order valence-corrected chi connectivity index (χ0v) is 19.4. The van der Waals surface area contributed by atoms with Crippen molar-refractivity contribution in [2.45, 2.75) is 18.2 Å². The summed E-state index contributed by atoms with van der Waals surface area (Å²) in [5.41, 5.74) is 1.39. The van der Waals surface area contributed by atoms with Gasteiger partial charge in [-0.05, 0) is 25.3 Å². The van der Waals surface area contributed by atoms with Gasteiger partial charge in [0.2, 0.25) is 16.9 Å². The Hall–Kier alpha value is -3.51. The molecule has 4 heterocycles. The minimum Gasteiger partial charge on any atom is -0.475 e. The van der Waals surface area contributed by atoms with Crippen molar-refractivity contribution in [2.24, 2.45) is 0 Å². The Morgan fingerprint density at radius 3 is 2.65 bits per heavy atom. The number of carbonyl (C=O) groups is 3. The summed E-state index contributed by atoms with van der Waals surface area (Å²) >= 11 is 1.41. The van der Waals surface area contributed by atoms with Crippen LogP contribution in [0.3, 0.4) is 0 Å². The Morgan fingerprint density at radius 2 is 1.94 bits per heavy atom. The number of thioether (sulfide) groups is 1. The average molecular weight is 483 g/mol. The topological polar surface area (TPSA) is 119 Å². The monoisotopic (exact) mass is 482 g/mol. The highest BCUT2D eigenvalue weighted by atomic mass is 32.2. The Bertz CT molecular complexity index is 1260. The van der Waals surface area contributed by atoms with Crippen LogP contribution in [0, 0.1) is 6.92 Å². The van der Waals surface area contributed by atoms with E-state index in [2.05, 4.69) is 15.1 Å². The third kappa shape index (κ3) is 4.10. The molecule has 1 aromatic carbocycles. The summed E-state index contributed by atoms with van der Waals surface area (Å²) in [6.45, 7) is 2.70. The van der Waals surface area contributed by atoms with Crippen LogP contribution in [-0.4, -0.2) is 92.3 Å². The minimum absolute atomic E-state index is 0.184. The van der Waals surface area contributed by atoms with E-state index in [9.17, 15) is 14.4 Å². The Kier molecular flexibility index (Phi) is 5.92. The van der Waals surface area contributed by atoms with Crippen molar-refractivity contribution in [3.63, 3.8) is 0 Å². The molecule has 1 unspecified atom stereocenters. The van der Waals surface area contributed by atoms with Crippen LogP contribution in [0.1, 0.15) is 26.4 Å². The minimum atomic E-state index is -0.448. The number of rotatable bonds is 6. The van der Waals surface area contributed by atoms with E-state index in [0.29, 0.717) is 41.1 Å². The van der Waals surface area contributed by atoms with Crippen molar-refractivity contribution in [1.29, 1.82) is 0 Å². The number of carbonyl (C=O) groups excluding carboxylic acids is 3. The molecule has 3 amide bonds. The third-order valence-electron chi connectivity index (χ3n) is 5.65. The summed E-state index contributed by atoms with van der Waals surface area (Å²) in [4.78, 5) is 49.4. The van der Waals surface area contributed by atoms with Gasteiger partial charge in [0.25, 0.3) is 17.6 Å². The molecular formula is C22H22N6O5S. The van der Waals surface area contributed by atoms with E-state index in [-0.39, 0.29) is 31.7 Å². The molecule has 0 saturated carbocycles. The number of morpholine rings is 1. The van der Waals surface area contributed by atoms with Gasteiger partial charge in [-0.1, -0.05) is 23.9 Å². The number of nitrogens with zero attached hydrogens (tertiary/aromatic N) is 6. The van der Waals surface area contributed by atoms with Gasteiger partial charge in [-0.25, -0.2) is 4.98 Å². The average Bonchev–Trinajstić information content (AvgIpc) is 3.37. The lowest BCUT2D eigenvalue weighted by Gasteiger charge is -2.33. The molecule has 3 aromatic rings. The smallest absolute Gasteiger partial charge is 0.262 e. The summed E-state index contributed by atoms with van der Waals surface area (Å²) in [6.07, 6.45) is 1.50. The molecule has 1 fully saturated rings. The number of benzene rings is 1. The number of hydrogen-bond acceptors (Lipinski definition) is 9. The molecule has 0 radical (unpaired) electrons. The quantitative estimate of drug-likeness (QED) is 0.375. The van der Waals surface area contributed by atoms with Gasteiger partial charge in [0.15, 0.2) is 0 Å². The number of imide groups is 1. The molecule has 12 heteroatoms. The van der Waals surface area contributed by atoms with E-state index < -0.39 is 11.8 Å². The van der Waals surface area contributed by atoms with Crippen molar-refractivity contribution in [3.05, 3.63) is 47.2 Å². The van der Waals surface area contributed by atoms with Gasteiger partial charge in [-0.15, -0.1) is 5.10 Å². The molecule has 5 rings (SSSR count). The van der Waals surface area contributed by atoms with Crippen molar-refractivity contribution in [2.75, 3.05) is 39.1 Å². The molecule has 2 aliphatic heterocycles. The second kappa shape index (κ2) is 9.03. The predicted molar refractivity (Wildman–Crippen MR) is 121 cm³/mol. The number of aryl methyl sites for hydroxylation is 1. The first kappa shape index (κ1) is 22.3. The maximum Gasteiger partial charge on any atom is 0.262 e. The molecule has 0 spiro atoms. The molecular weight excluding hydrogens is 460 g/mol. The van der Waals surface area contributed by atoms with Gasteiger partial charge in [0.05, 0.1) is 24.3 Å². The van der Waals surface area contributed by atoms with E-state index in [0.717, 1.165) is 10.6 Å². The Balaban J connectivity index is 1.22. The first-order chi connectivity index (χ1) is 16.4. The molecule has 11 nitrogen and oxygen atoms in total. The number of aromatic nitrogens is 4. The number of hydrogen-bond donors (Lipinski definition) is 0.